The van der Waals surface area contributed by atoms with Crippen LogP contribution in [-0.4, -0.2) is 48.4 Å². The van der Waals surface area contributed by atoms with Gasteiger partial charge in [-0.25, -0.2) is 4.79 Å². The molecule has 0 aromatic heterocycles. The van der Waals surface area contributed by atoms with Crippen LogP contribution in [0, 0.1) is 23.2 Å². The highest BCUT2D eigenvalue weighted by molar-refractivity contribution is 5.91. The van der Waals surface area contributed by atoms with E-state index in [2.05, 4.69) is 33.0 Å². The van der Waals surface area contributed by atoms with Crippen molar-refractivity contribution in [2.45, 2.75) is 107 Å². The molecular formula is C27H50N2O4. The molecule has 0 aliphatic rings. The van der Waals surface area contributed by atoms with Crippen molar-refractivity contribution in [2.24, 2.45) is 23.2 Å². The Morgan fingerprint density at radius 2 is 1.55 bits per heavy atom. The van der Waals surface area contributed by atoms with E-state index in [-0.39, 0.29) is 35.7 Å². The number of amides is 2. The Morgan fingerprint density at radius 3 is 1.94 bits per heavy atom. The summed E-state index contributed by atoms with van der Waals surface area (Å²) in [7, 11) is 1.75. The van der Waals surface area contributed by atoms with Crippen LogP contribution < -0.4 is 5.32 Å². The van der Waals surface area contributed by atoms with Gasteiger partial charge >= 0.3 is 5.97 Å². The first-order valence-corrected chi connectivity index (χ1v) is 12.7. The van der Waals surface area contributed by atoms with Gasteiger partial charge in [-0.1, -0.05) is 67.9 Å². The summed E-state index contributed by atoms with van der Waals surface area (Å²) in [5, 5.41) is 3.14. The Balaban J connectivity index is 6.00. The molecule has 0 aliphatic heterocycles. The van der Waals surface area contributed by atoms with Crippen molar-refractivity contribution < 1.29 is 19.1 Å². The molecule has 192 valence electrons. The fourth-order valence-electron chi connectivity index (χ4n) is 4.40. The quantitative estimate of drug-likeness (QED) is 0.276. The first-order valence-electron chi connectivity index (χ1n) is 12.7. The summed E-state index contributed by atoms with van der Waals surface area (Å²) < 4.78 is 5.11. The Hall–Kier alpha value is -1.85. The van der Waals surface area contributed by atoms with Crippen LogP contribution in [0.25, 0.3) is 0 Å². The van der Waals surface area contributed by atoms with Crippen molar-refractivity contribution in [1.29, 1.82) is 0 Å². The minimum atomic E-state index is -0.616. The minimum absolute atomic E-state index is 0.0164. The maximum atomic E-state index is 13.7. The van der Waals surface area contributed by atoms with Crippen LogP contribution in [0.2, 0.25) is 0 Å². The van der Waals surface area contributed by atoms with Crippen LogP contribution in [0.1, 0.15) is 94.9 Å². The zero-order valence-electron chi connectivity index (χ0n) is 23.1. The molecule has 2 amide bonds. The van der Waals surface area contributed by atoms with E-state index >= 15 is 0 Å². The molecule has 0 saturated heterocycles. The second-order valence-electron chi connectivity index (χ2n) is 10.2. The number of likely N-dealkylation sites (N-methyl/N-ethyl adjacent to an activating group) is 1. The van der Waals surface area contributed by atoms with Crippen LogP contribution in [-0.2, 0) is 19.1 Å². The van der Waals surface area contributed by atoms with E-state index < -0.39 is 11.5 Å². The molecule has 0 spiro atoms. The molecule has 0 bridgehead atoms. The Labute approximate surface area is 202 Å². The van der Waals surface area contributed by atoms with Crippen molar-refractivity contribution >= 4 is 17.8 Å². The lowest BCUT2D eigenvalue weighted by molar-refractivity contribution is -0.142. The Morgan fingerprint density at radius 1 is 1.00 bits per heavy atom. The van der Waals surface area contributed by atoms with Crippen molar-refractivity contribution in [3.63, 3.8) is 0 Å². The number of hydrogen-bond acceptors (Lipinski definition) is 4. The van der Waals surface area contributed by atoms with E-state index in [4.69, 9.17) is 4.74 Å². The number of carbonyl (C=O) groups is 3. The third kappa shape index (κ3) is 8.78. The summed E-state index contributed by atoms with van der Waals surface area (Å²) in [6, 6.07) is -0.905. The summed E-state index contributed by atoms with van der Waals surface area (Å²) in [6.45, 7) is 20.2. The van der Waals surface area contributed by atoms with Gasteiger partial charge in [0.15, 0.2) is 0 Å². The third-order valence-corrected chi connectivity index (χ3v) is 6.90. The Bertz CT molecular complexity index is 665. The number of carbonyl (C=O) groups excluding carboxylic acids is 3. The van der Waals surface area contributed by atoms with E-state index in [1.807, 2.05) is 27.7 Å². The summed E-state index contributed by atoms with van der Waals surface area (Å²) in [5.74, 6) is -0.0830. The average Bonchev–Trinajstić information content (AvgIpc) is 2.77. The summed E-state index contributed by atoms with van der Waals surface area (Å²) in [5.41, 5.74) is 0.00331. The van der Waals surface area contributed by atoms with E-state index in [0.717, 1.165) is 25.7 Å². The molecule has 0 fully saturated rings. The molecule has 6 heteroatoms. The molecule has 0 saturated carbocycles. The van der Waals surface area contributed by atoms with Gasteiger partial charge in [-0.2, -0.15) is 0 Å². The first kappa shape index (κ1) is 31.1. The van der Waals surface area contributed by atoms with Gasteiger partial charge in [-0.05, 0) is 50.9 Å². The normalized spacial score (nSPS) is 15.2. The summed E-state index contributed by atoms with van der Waals surface area (Å²) in [6.07, 6.45) is 4.84. The lowest BCUT2D eigenvalue weighted by Crippen LogP contribution is -2.56. The van der Waals surface area contributed by atoms with Crippen molar-refractivity contribution in [1.82, 2.24) is 10.2 Å². The van der Waals surface area contributed by atoms with Crippen LogP contribution in [0.4, 0.5) is 0 Å². The maximum absolute atomic E-state index is 13.7. The fourth-order valence-corrected chi connectivity index (χ4v) is 4.40. The van der Waals surface area contributed by atoms with Gasteiger partial charge in [0, 0.05) is 18.0 Å². The van der Waals surface area contributed by atoms with Gasteiger partial charge in [-0.3, -0.25) is 9.59 Å². The standard InChI is InChI=1S/C27H50N2O4/c1-12-20(9)23(28-26(32)27(13-2,14-3)17-18(5)6)24(30)29(11)22(19(7)8)16-21(10)25(31)33-15-4/h16,18-20,22-23H,12-15,17H2,1-11H3,(H,28,32)/b21-16+/t20-,22+,23-/m0/s1. The molecule has 0 aliphatic carbocycles. The number of rotatable bonds is 14. The minimum Gasteiger partial charge on any atom is -0.463 e. The SMILES string of the molecule is CCOC(=O)/C(C)=C/[C@H](C(C)C)N(C)C(=O)[C@@H](NC(=O)C(CC)(CC)CC(C)C)[C@@H](C)CC. The lowest BCUT2D eigenvalue weighted by atomic mass is 9.74. The van der Waals surface area contributed by atoms with Crippen LogP contribution in [0.3, 0.4) is 0 Å². The van der Waals surface area contributed by atoms with Crippen molar-refractivity contribution in [3.05, 3.63) is 11.6 Å². The monoisotopic (exact) mass is 466 g/mol. The molecule has 0 unspecified atom stereocenters. The zero-order chi connectivity index (χ0) is 25.9. The van der Waals surface area contributed by atoms with Crippen LogP contribution in [0.15, 0.2) is 11.6 Å². The molecule has 0 rings (SSSR count). The highest BCUT2D eigenvalue weighted by atomic mass is 16.5. The largest absolute Gasteiger partial charge is 0.463 e. The van der Waals surface area contributed by atoms with E-state index in [9.17, 15) is 14.4 Å². The molecule has 0 radical (unpaired) electrons. The fraction of sp³-hybridized carbons (Fsp3) is 0.815. The second kappa shape index (κ2) is 14.4. The number of ether oxygens (including phenoxy) is 1. The molecule has 0 aromatic rings. The summed E-state index contributed by atoms with van der Waals surface area (Å²) in [4.78, 5) is 41.0. The predicted octanol–water partition coefficient (Wildman–Crippen LogP) is 5.36. The van der Waals surface area contributed by atoms with Gasteiger partial charge in [0.25, 0.3) is 0 Å². The smallest absolute Gasteiger partial charge is 0.333 e. The van der Waals surface area contributed by atoms with Crippen molar-refractivity contribution in [2.75, 3.05) is 13.7 Å². The van der Waals surface area contributed by atoms with Gasteiger partial charge in [0.1, 0.15) is 6.04 Å². The molecular weight excluding hydrogens is 416 g/mol. The van der Waals surface area contributed by atoms with Crippen LogP contribution in [0.5, 0.6) is 0 Å². The van der Waals surface area contributed by atoms with Gasteiger partial charge in [0.2, 0.25) is 11.8 Å². The van der Waals surface area contributed by atoms with Gasteiger partial charge < -0.3 is 15.0 Å². The number of esters is 1. The zero-order valence-corrected chi connectivity index (χ0v) is 23.1. The van der Waals surface area contributed by atoms with E-state index in [1.165, 1.54) is 0 Å². The highest BCUT2D eigenvalue weighted by Crippen LogP contribution is 2.35. The number of nitrogens with zero attached hydrogens (tertiary/aromatic N) is 1. The molecule has 0 aromatic carbocycles. The number of hydrogen-bond donors (Lipinski definition) is 1. The molecule has 1 N–H and O–H groups in total. The molecule has 0 heterocycles. The van der Waals surface area contributed by atoms with Crippen LogP contribution >= 0.6 is 0 Å². The van der Waals surface area contributed by atoms with E-state index in [1.54, 1.807) is 31.9 Å². The Kier molecular flexibility index (Phi) is 13.6. The molecule has 6 nitrogen and oxygen atoms in total. The van der Waals surface area contributed by atoms with Gasteiger partial charge in [0.05, 0.1) is 12.6 Å². The first-order chi connectivity index (χ1) is 15.3. The number of nitrogens with one attached hydrogen (secondary N) is 1. The lowest BCUT2D eigenvalue weighted by Gasteiger charge is -2.37. The predicted molar refractivity (Wildman–Crippen MR) is 136 cm³/mol. The topological polar surface area (TPSA) is 75.7 Å². The van der Waals surface area contributed by atoms with E-state index in [0.29, 0.717) is 18.1 Å². The third-order valence-electron chi connectivity index (χ3n) is 6.90. The molecule has 3 atom stereocenters. The average molecular weight is 467 g/mol. The molecule has 33 heavy (non-hydrogen) atoms. The highest BCUT2D eigenvalue weighted by Gasteiger charge is 2.39. The van der Waals surface area contributed by atoms with Crippen molar-refractivity contribution in [3.8, 4) is 0 Å². The second-order valence-corrected chi connectivity index (χ2v) is 10.2. The maximum Gasteiger partial charge on any atom is 0.333 e. The van der Waals surface area contributed by atoms with Gasteiger partial charge in [-0.15, -0.1) is 0 Å². The summed E-state index contributed by atoms with van der Waals surface area (Å²) >= 11 is 0.